The second-order valence-corrected chi connectivity index (χ2v) is 9.27. The molecule has 0 unspecified atom stereocenters. The molecule has 6 aromatic rings. The van der Waals surface area contributed by atoms with Gasteiger partial charge in [0.2, 0.25) is 0 Å². The Morgan fingerprint density at radius 3 is 2.21 bits per heavy atom. The van der Waals surface area contributed by atoms with Crippen molar-refractivity contribution >= 4 is 54.6 Å². The summed E-state index contributed by atoms with van der Waals surface area (Å²) < 4.78 is 5.02. The smallest absolute Gasteiger partial charge is 0.0634 e. The van der Waals surface area contributed by atoms with Crippen LogP contribution in [0.25, 0.3) is 60.0 Å². The summed E-state index contributed by atoms with van der Waals surface area (Å²) in [5.41, 5.74) is 7.24. The molecule has 33 heavy (non-hydrogen) atoms. The summed E-state index contributed by atoms with van der Waals surface area (Å²) in [5.74, 6) is 0. The zero-order chi connectivity index (χ0) is 22.4. The number of fused-ring (bicyclic) bond motifs is 5. The van der Waals surface area contributed by atoms with E-state index in [-0.39, 0.29) is 0 Å². The Bertz CT molecular complexity index is 1660. The summed E-state index contributed by atoms with van der Waals surface area (Å²) in [6, 6.07) is 32.7. The molecule has 0 aliphatic heterocycles. The summed E-state index contributed by atoms with van der Waals surface area (Å²) >= 11 is 1.86. The highest BCUT2D eigenvalue weighted by atomic mass is 32.1. The van der Waals surface area contributed by atoms with Crippen molar-refractivity contribution < 1.29 is 0 Å². The number of allylic oxidation sites excluding steroid dienone is 1. The maximum Gasteiger partial charge on any atom is 0.0634 e. The standard InChI is InChI=1S/C31H23NS/c1-3-11-27-24(4-2)25-17-19-29-30(31(25)32(27)23-14-9-6-10-15-23)26-20-22(16-18-28(26)33-29)21-12-7-5-8-13-21/h3-20H,2H2,1H3/b11-3-. The van der Waals surface area contributed by atoms with Gasteiger partial charge in [0.05, 0.1) is 11.2 Å². The molecule has 0 saturated carbocycles. The van der Waals surface area contributed by atoms with Gasteiger partial charge in [0.25, 0.3) is 0 Å². The largest absolute Gasteiger partial charge is 0.309 e. The molecule has 6 rings (SSSR count). The van der Waals surface area contributed by atoms with Gasteiger partial charge in [0.15, 0.2) is 0 Å². The van der Waals surface area contributed by atoms with Crippen LogP contribution in [-0.2, 0) is 0 Å². The number of thiophene rings is 1. The molecular weight excluding hydrogens is 418 g/mol. The van der Waals surface area contributed by atoms with Gasteiger partial charge < -0.3 is 4.57 Å². The number of hydrogen-bond acceptors (Lipinski definition) is 1. The molecule has 4 aromatic carbocycles. The van der Waals surface area contributed by atoms with Crippen LogP contribution in [0.15, 0.2) is 104 Å². The Labute approximate surface area is 197 Å². The number of rotatable bonds is 4. The van der Waals surface area contributed by atoms with Crippen LogP contribution >= 0.6 is 11.3 Å². The minimum absolute atomic E-state index is 1.16. The van der Waals surface area contributed by atoms with E-state index in [0.717, 1.165) is 5.69 Å². The Morgan fingerprint density at radius 2 is 1.48 bits per heavy atom. The predicted molar refractivity (Wildman–Crippen MR) is 146 cm³/mol. The van der Waals surface area contributed by atoms with Crippen molar-refractivity contribution in [3.63, 3.8) is 0 Å². The van der Waals surface area contributed by atoms with Gasteiger partial charge in [-0.25, -0.2) is 0 Å². The lowest BCUT2D eigenvalue weighted by atomic mass is 10.0. The van der Waals surface area contributed by atoms with Crippen LogP contribution in [0.2, 0.25) is 0 Å². The highest BCUT2D eigenvalue weighted by Gasteiger charge is 2.20. The topological polar surface area (TPSA) is 4.93 Å². The average Bonchev–Trinajstić information content (AvgIpc) is 3.39. The van der Waals surface area contributed by atoms with Gasteiger partial charge in [-0.15, -0.1) is 11.3 Å². The van der Waals surface area contributed by atoms with Crippen molar-refractivity contribution in [2.75, 3.05) is 0 Å². The second-order valence-electron chi connectivity index (χ2n) is 8.19. The van der Waals surface area contributed by atoms with Gasteiger partial charge in [-0.1, -0.05) is 79.4 Å². The van der Waals surface area contributed by atoms with E-state index < -0.39 is 0 Å². The van der Waals surface area contributed by atoms with E-state index in [4.69, 9.17) is 0 Å². The van der Waals surface area contributed by atoms with Gasteiger partial charge in [0.1, 0.15) is 0 Å². The van der Waals surface area contributed by atoms with E-state index in [9.17, 15) is 0 Å². The molecule has 0 radical (unpaired) electrons. The first-order valence-electron chi connectivity index (χ1n) is 11.2. The van der Waals surface area contributed by atoms with E-state index >= 15 is 0 Å². The molecule has 0 N–H and O–H groups in total. The van der Waals surface area contributed by atoms with E-state index in [1.165, 1.54) is 53.5 Å². The molecule has 0 aliphatic rings. The van der Waals surface area contributed by atoms with Crippen LogP contribution in [0.1, 0.15) is 18.2 Å². The monoisotopic (exact) mass is 441 g/mol. The molecule has 2 heteroatoms. The molecule has 0 amide bonds. The number of nitrogens with zero attached hydrogens (tertiary/aromatic N) is 1. The molecule has 0 fully saturated rings. The van der Waals surface area contributed by atoms with Gasteiger partial charge in [-0.05, 0) is 54.5 Å². The SMILES string of the molecule is C=Cc1c(/C=C\C)n(-c2ccccc2)c2c1ccc1sc3ccc(-c4ccccc4)cc3c12. The quantitative estimate of drug-likeness (QED) is 0.257. The van der Waals surface area contributed by atoms with Crippen molar-refractivity contribution in [2.45, 2.75) is 6.92 Å². The fourth-order valence-electron chi connectivity index (χ4n) is 4.87. The van der Waals surface area contributed by atoms with Crippen LogP contribution in [0.5, 0.6) is 0 Å². The van der Waals surface area contributed by atoms with Crippen molar-refractivity contribution in [3.05, 3.63) is 115 Å². The minimum atomic E-state index is 1.16. The summed E-state index contributed by atoms with van der Waals surface area (Å²) in [4.78, 5) is 0. The Balaban J connectivity index is 1.80. The van der Waals surface area contributed by atoms with Crippen LogP contribution in [0.3, 0.4) is 0 Å². The molecule has 0 aliphatic carbocycles. The third-order valence-corrected chi connectivity index (χ3v) is 7.43. The Hall–Kier alpha value is -3.88. The lowest BCUT2D eigenvalue weighted by Crippen LogP contribution is -1.97. The summed E-state index contributed by atoms with van der Waals surface area (Å²) in [7, 11) is 0. The number of aromatic nitrogens is 1. The highest BCUT2D eigenvalue weighted by molar-refractivity contribution is 7.26. The number of para-hydroxylation sites is 1. The maximum absolute atomic E-state index is 4.17. The van der Waals surface area contributed by atoms with Crippen molar-refractivity contribution in [1.29, 1.82) is 0 Å². The fraction of sp³-hybridized carbons (Fsp3) is 0.0323. The third kappa shape index (κ3) is 3.06. The van der Waals surface area contributed by atoms with Gasteiger partial charge in [-0.2, -0.15) is 0 Å². The first kappa shape index (κ1) is 19.8. The average molecular weight is 442 g/mol. The first-order chi connectivity index (χ1) is 16.3. The summed E-state index contributed by atoms with van der Waals surface area (Å²) in [5, 5.41) is 3.85. The molecule has 1 nitrogen and oxygen atoms in total. The predicted octanol–water partition coefficient (Wildman–Crippen LogP) is 9.34. The molecule has 0 saturated heterocycles. The van der Waals surface area contributed by atoms with Crippen molar-refractivity contribution in [2.24, 2.45) is 0 Å². The molecular formula is C31H23NS. The molecule has 2 aromatic heterocycles. The van der Waals surface area contributed by atoms with Crippen molar-refractivity contribution in [1.82, 2.24) is 4.57 Å². The molecule has 0 spiro atoms. The normalized spacial score (nSPS) is 11.8. The van der Waals surface area contributed by atoms with Crippen LogP contribution < -0.4 is 0 Å². The highest BCUT2D eigenvalue weighted by Crippen LogP contribution is 2.43. The third-order valence-electron chi connectivity index (χ3n) is 6.29. The molecule has 2 heterocycles. The molecule has 0 bridgehead atoms. The number of benzene rings is 4. The lowest BCUT2D eigenvalue weighted by molar-refractivity contribution is 1.11. The Morgan fingerprint density at radius 1 is 0.758 bits per heavy atom. The minimum Gasteiger partial charge on any atom is -0.309 e. The zero-order valence-corrected chi connectivity index (χ0v) is 19.3. The van der Waals surface area contributed by atoms with Crippen LogP contribution in [0, 0.1) is 0 Å². The first-order valence-corrected chi connectivity index (χ1v) is 12.0. The zero-order valence-electron chi connectivity index (χ0n) is 18.5. The summed E-state index contributed by atoms with van der Waals surface area (Å²) in [6.45, 7) is 6.24. The van der Waals surface area contributed by atoms with Crippen LogP contribution in [0.4, 0.5) is 0 Å². The van der Waals surface area contributed by atoms with E-state index in [2.05, 4.69) is 121 Å². The van der Waals surface area contributed by atoms with Crippen molar-refractivity contribution in [3.8, 4) is 16.8 Å². The van der Waals surface area contributed by atoms with Gasteiger partial charge in [0, 0.05) is 36.8 Å². The van der Waals surface area contributed by atoms with E-state index in [1.54, 1.807) is 0 Å². The van der Waals surface area contributed by atoms with Gasteiger partial charge >= 0.3 is 0 Å². The maximum atomic E-state index is 4.17. The van der Waals surface area contributed by atoms with E-state index in [0.29, 0.717) is 0 Å². The second kappa shape index (κ2) is 7.91. The fourth-order valence-corrected chi connectivity index (χ4v) is 5.96. The van der Waals surface area contributed by atoms with Crippen LogP contribution in [-0.4, -0.2) is 4.57 Å². The molecule has 0 atom stereocenters. The number of hydrogen-bond donors (Lipinski definition) is 0. The Kier molecular flexibility index (Phi) is 4.74. The summed E-state index contributed by atoms with van der Waals surface area (Å²) in [6.07, 6.45) is 6.30. The van der Waals surface area contributed by atoms with E-state index in [1.807, 2.05) is 17.4 Å². The van der Waals surface area contributed by atoms with Gasteiger partial charge in [-0.3, -0.25) is 0 Å². The lowest BCUT2D eigenvalue weighted by Gasteiger charge is -2.10. The molecule has 158 valence electrons.